The number of nitrogens with zero attached hydrogens (tertiary/aromatic N) is 2. The quantitative estimate of drug-likeness (QED) is 0.743. The largest absolute Gasteiger partial charge is 0.315 e. The molecule has 0 aliphatic carbocycles. The predicted molar refractivity (Wildman–Crippen MR) is 78.9 cm³/mol. The summed E-state index contributed by atoms with van der Waals surface area (Å²) in [6.07, 6.45) is 1.18. The number of rotatable bonds is 4. The standard InChI is InChI=1S/C11H24N4O2S.ClH/c1-10(2)13-18(16,17)15-7-5-14(6-8-15)11-3-4-12-9-11;/h10-13H,3-9H2,1-2H3;1H. The maximum absolute atomic E-state index is 12.0. The van der Waals surface area contributed by atoms with E-state index >= 15 is 0 Å². The Hall–Kier alpha value is 0.0800. The second-order valence-corrected chi connectivity index (χ2v) is 7.06. The Labute approximate surface area is 122 Å². The lowest BCUT2D eigenvalue weighted by Crippen LogP contribution is -2.55. The van der Waals surface area contributed by atoms with Gasteiger partial charge in [0.2, 0.25) is 0 Å². The predicted octanol–water partition coefficient (Wildman–Crippen LogP) is -0.369. The molecule has 2 fully saturated rings. The van der Waals surface area contributed by atoms with Crippen LogP contribution in [-0.2, 0) is 10.2 Å². The Morgan fingerprint density at radius 3 is 2.32 bits per heavy atom. The molecule has 2 aliphatic rings. The van der Waals surface area contributed by atoms with Crippen LogP contribution >= 0.6 is 12.4 Å². The topological polar surface area (TPSA) is 64.7 Å². The van der Waals surface area contributed by atoms with Gasteiger partial charge in [0.25, 0.3) is 10.2 Å². The first-order valence-electron chi connectivity index (χ1n) is 6.71. The van der Waals surface area contributed by atoms with Crippen LogP contribution < -0.4 is 10.0 Å². The van der Waals surface area contributed by atoms with E-state index in [1.54, 1.807) is 4.31 Å². The van der Waals surface area contributed by atoms with Gasteiger partial charge in [0.1, 0.15) is 0 Å². The molecule has 0 radical (unpaired) electrons. The van der Waals surface area contributed by atoms with Gasteiger partial charge >= 0.3 is 0 Å². The van der Waals surface area contributed by atoms with E-state index in [-0.39, 0.29) is 18.4 Å². The minimum Gasteiger partial charge on any atom is -0.315 e. The van der Waals surface area contributed by atoms with Crippen molar-refractivity contribution in [2.45, 2.75) is 32.4 Å². The number of halogens is 1. The summed E-state index contributed by atoms with van der Waals surface area (Å²) in [5.41, 5.74) is 0. The molecule has 0 aromatic heterocycles. The van der Waals surface area contributed by atoms with Crippen molar-refractivity contribution < 1.29 is 8.42 Å². The Morgan fingerprint density at radius 2 is 1.84 bits per heavy atom. The van der Waals surface area contributed by atoms with Crippen LogP contribution in [0.4, 0.5) is 0 Å². The van der Waals surface area contributed by atoms with Gasteiger partial charge in [-0.1, -0.05) is 0 Å². The van der Waals surface area contributed by atoms with Crippen molar-refractivity contribution in [2.24, 2.45) is 0 Å². The first-order valence-corrected chi connectivity index (χ1v) is 8.15. The SMILES string of the molecule is CC(C)NS(=O)(=O)N1CCN(C2CCNC2)CC1.Cl. The molecule has 0 amide bonds. The van der Waals surface area contributed by atoms with E-state index in [1.807, 2.05) is 13.8 Å². The van der Waals surface area contributed by atoms with Crippen molar-refractivity contribution in [1.29, 1.82) is 0 Å². The van der Waals surface area contributed by atoms with Crippen LogP contribution in [0.5, 0.6) is 0 Å². The molecular formula is C11H25ClN4O2S. The highest BCUT2D eigenvalue weighted by Gasteiger charge is 2.30. The highest BCUT2D eigenvalue weighted by atomic mass is 35.5. The average Bonchev–Trinajstić information content (AvgIpc) is 2.81. The molecule has 0 saturated carbocycles. The Morgan fingerprint density at radius 1 is 1.21 bits per heavy atom. The van der Waals surface area contributed by atoms with Crippen molar-refractivity contribution in [3.8, 4) is 0 Å². The Bertz CT molecular complexity index is 363. The average molecular weight is 313 g/mol. The van der Waals surface area contributed by atoms with Gasteiger partial charge < -0.3 is 5.32 Å². The highest BCUT2D eigenvalue weighted by molar-refractivity contribution is 7.87. The van der Waals surface area contributed by atoms with Gasteiger partial charge in [-0.3, -0.25) is 4.90 Å². The molecule has 2 aliphatic heterocycles. The summed E-state index contributed by atoms with van der Waals surface area (Å²) in [5, 5.41) is 3.35. The smallest absolute Gasteiger partial charge is 0.279 e. The van der Waals surface area contributed by atoms with Gasteiger partial charge in [0, 0.05) is 44.8 Å². The van der Waals surface area contributed by atoms with Gasteiger partial charge in [-0.05, 0) is 26.8 Å². The fourth-order valence-electron chi connectivity index (χ4n) is 2.63. The summed E-state index contributed by atoms with van der Waals surface area (Å²) in [5.74, 6) is 0. The lowest BCUT2D eigenvalue weighted by molar-refractivity contribution is 0.144. The molecule has 114 valence electrons. The second-order valence-electron chi connectivity index (χ2n) is 5.36. The van der Waals surface area contributed by atoms with Gasteiger partial charge in [0.15, 0.2) is 0 Å². The summed E-state index contributed by atoms with van der Waals surface area (Å²) in [4.78, 5) is 2.40. The molecule has 0 aromatic rings. The van der Waals surface area contributed by atoms with Crippen LogP contribution in [0.15, 0.2) is 0 Å². The molecule has 2 saturated heterocycles. The third-order valence-corrected chi connectivity index (χ3v) is 5.36. The van der Waals surface area contributed by atoms with Crippen LogP contribution in [0.1, 0.15) is 20.3 Å². The maximum Gasteiger partial charge on any atom is 0.279 e. The van der Waals surface area contributed by atoms with Gasteiger partial charge in [-0.25, -0.2) is 0 Å². The van der Waals surface area contributed by atoms with Crippen molar-refractivity contribution >= 4 is 22.6 Å². The maximum atomic E-state index is 12.0. The molecule has 0 spiro atoms. The van der Waals surface area contributed by atoms with Crippen molar-refractivity contribution in [3.05, 3.63) is 0 Å². The molecule has 2 N–H and O–H groups in total. The molecule has 8 heteroatoms. The molecule has 0 aromatic carbocycles. The summed E-state index contributed by atoms with van der Waals surface area (Å²) in [6, 6.07) is 0.542. The van der Waals surface area contributed by atoms with E-state index < -0.39 is 10.2 Å². The zero-order valence-electron chi connectivity index (χ0n) is 11.6. The van der Waals surface area contributed by atoms with Gasteiger partial charge in [0.05, 0.1) is 0 Å². The van der Waals surface area contributed by atoms with Crippen LogP contribution in [0, 0.1) is 0 Å². The molecule has 1 atom stereocenters. The first-order chi connectivity index (χ1) is 8.49. The molecule has 0 bridgehead atoms. The molecule has 19 heavy (non-hydrogen) atoms. The fourth-order valence-corrected chi connectivity index (χ4v) is 4.02. The van der Waals surface area contributed by atoms with E-state index in [1.165, 1.54) is 6.42 Å². The second kappa shape index (κ2) is 7.19. The van der Waals surface area contributed by atoms with Gasteiger partial charge in [-0.2, -0.15) is 17.4 Å². The van der Waals surface area contributed by atoms with E-state index in [4.69, 9.17) is 0 Å². The van der Waals surface area contributed by atoms with Crippen LogP contribution in [0.25, 0.3) is 0 Å². The number of hydrogen-bond acceptors (Lipinski definition) is 4. The van der Waals surface area contributed by atoms with Crippen molar-refractivity contribution in [2.75, 3.05) is 39.3 Å². The van der Waals surface area contributed by atoms with Crippen molar-refractivity contribution in [3.63, 3.8) is 0 Å². The van der Waals surface area contributed by atoms with Gasteiger partial charge in [-0.15, -0.1) is 12.4 Å². The van der Waals surface area contributed by atoms with E-state index in [2.05, 4.69) is 14.9 Å². The summed E-state index contributed by atoms with van der Waals surface area (Å²) >= 11 is 0. The van der Waals surface area contributed by atoms with E-state index in [0.29, 0.717) is 19.1 Å². The Kier molecular flexibility index (Phi) is 6.49. The van der Waals surface area contributed by atoms with Crippen LogP contribution in [0.2, 0.25) is 0 Å². The third kappa shape index (κ3) is 4.54. The molecule has 2 heterocycles. The molecule has 2 rings (SSSR count). The van der Waals surface area contributed by atoms with Crippen LogP contribution in [-0.4, -0.2) is 69.0 Å². The van der Waals surface area contributed by atoms with Crippen LogP contribution in [0.3, 0.4) is 0 Å². The number of nitrogens with one attached hydrogen (secondary N) is 2. The normalized spacial score (nSPS) is 26.6. The first kappa shape index (κ1) is 17.1. The lowest BCUT2D eigenvalue weighted by Gasteiger charge is -2.37. The summed E-state index contributed by atoms with van der Waals surface area (Å²) in [6.45, 7) is 8.68. The number of piperazine rings is 1. The van der Waals surface area contributed by atoms with Crippen molar-refractivity contribution in [1.82, 2.24) is 19.2 Å². The molecule has 1 unspecified atom stereocenters. The minimum absolute atomic E-state index is 0. The highest BCUT2D eigenvalue weighted by Crippen LogP contribution is 2.13. The molecular weight excluding hydrogens is 288 g/mol. The Balaban J connectivity index is 0.00000180. The van der Waals surface area contributed by atoms with E-state index in [0.717, 1.165) is 26.2 Å². The summed E-state index contributed by atoms with van der Waals surface area (Å²) in [7, 11) is -3.29. The molecule has 6 nitrogen and oxygen atoms in total. The fraction of sp³-hybridized carbons (Fsp3) is 1.00. The monoisotopic (exact) mass is 312 g/mol. The zero-order valence-corrected chi connectivity index (χ0v) is 13.3. The lowest BCUT2D eigenvalue weighted by atomic mass is 10.2. The van der Waals surface area contributed by atoms with E-state index in [9.17, 15) is 8.42 Å². The summed E-state index contributed by atoms with van der Waals surface area (Å²) < 4.78 is 28.2. The third-order valence-electron chi connectivity index (χ3n) is 3.55. The number of hydrogen-bond donors (Lipinski definition) is 2. The minimum atomic E-state index is -3.29. The zero-order chi connectivity index (χ0) is 13.2.